The van der Waals surface area contributed by atoms with Crippen molar-refractivity contribution in [2.45, 2.75) is 90.0 Å². The number of rotatable bonds is 8. The van der Waals surface area contributed by atoms with Crippen LogP contribution >= 0.6 is 0 Å². The van der Waals surface area contributed by atoms with Crippen LogP contribution < -0.4 is 5.19 Å². The number of carbonyl (C=O) groups is 1. The molecule has 7 heteroatoms. The van der Waals surface area contributed by atoms with E-state index in [0.717, 1.165) is 17.5 Å². The van der Waals surface area contributed by atoms with E-state index in [9.17, 15) is 4.79 Å². The lowest BCUT2D eigenvalue weighted by Gasteiger charge is -2.64. The Bertz CT molecular complexity index is 1380. The van der Waals surface area contributed by atoms with Gasteiger partial charge in [-0.05, 0) is 62.0 Å². The van der Waals surface area contributed by atoms with Gasteiger partial charge in [-0.2, -0.15) is 0 Å². The highest BCUT2D eigenvalue weighted by Crippen LogP contribution is 2.66. The van der Waals surface area contributed by atoms with E-state index in [1.165, 1.54) is 11.6 Å². The van der Waals surface area contributed by atoms with Gasteiger partial charge in [0.1, 0.15) is 13.7 Å². The molecule has 7 rings (SSSR count). The SMILES string of the molecule is C[C@@H](c1ccccc1)N(C(=O)O[C@H](B1O[C@@H]2C[C@@H]3C[C@@H](C3(C)C)[C@]2(C)O1)[Si](C)(C)c1ccccc1)[C@@H](C)c1ccccc1. The molecule has 3 aromatic carbocycles. The molecule has 3 aromatic rings. The van der Waals surface area contributed by atoms with Crippen molar-refractivity contribution in [1.29, 1.82) is 0 Å². The van der Waals surface area contributed by atoms with E-state index in [-0.39, 0.29) is 35.3 Å². The molecule has 0 aromatic heterocycles. The van der Waals surface area contributed by atoms with Crippen LogP contribution in [0.15, 0.2) is 91.0 Å². The van der Waals surface area contributed by atoms with Gasteiger partial charge in [0.2, 0.25) is 0 Å². The maximum Gasteiger partial charge on any atom is 0.498 e. The average molecular weight is 596 g/mol. The van der Waals surface area contributed by atoms with E-state index in [2.05, 4.69) is 96.2 Å². The molecule has 0 spiro atoms. The Hall–Kier alpha value is -2.87. The molecule has 0 N–H and O–H groups in total. The molecule has 3 aliphatic carbocycles. The van der Waals surface area contributed by atoms with Gasteiger partial charge in [-0.1, -0.05) is 123 Å². The zero-order chi connectivity index (χ0) is 30.6. The third kappa shape index (κ3) is 5.17. The van der Waals surface area contributed by atoms with E-state index in [1.807, 2.05) is 47.4 Å². The molecule has 5 nitrogen and oxygen atoms in total. The molecule has 0 radical (unpaired) electrons. The Morgan fingerprint density at radius 1 is 0.860 bits per heavy atom. The summed E-state index contributed by atoms with van der Waals surface area (Å²) < 4.78 is 20.6. The molecule has 7 atom stereocenters. The van der Waals surface area contributed by atoms with Crippen molar-refractivity contribution < 1.29 is 18.8 Å². The summed E-state index contributed by atoms with van der Waals surface area (Å²) >= 11 is 0. The van der Waals surface area contributed by atoms with Crippen LogP contribution in [0.2, 0.25) is 13.1 Å². The average Bonchev–Trinajstić information content (AvgIpc) is 3.37. The van der Waals surface area contributed by atoms with Crippen LogP contribution in [0.4, 0.5) is 4.79 Å². The first-order valence-electron chi connectivity index (χ1n) is 15.9. The molecule has 4 fully saturated rings. The van der Waals surface area contributed by atoms with Crippen LogP contribution in [0, 0.1) is 17.3 Å². The summed E-state index contributed by atoms with van der Waals surface area (Å²) in [5.74, 6) is 1.08. The lowest BCUT2D eigenvalue weighted by atomic mass is 9.43. The molecular formula is C36H46BNO4Si. The summed E-state index contributed by atoms with van der Waals surface area (Å²) in [5, 5.41) is 1.21. The topological polar surface area (TPSA) is 48.0 Å². The van der Waals surface area contributed by atoms with Gasteiger partial charge in [0.15, 0.2) is 0 Å². The third-order valence-electron chi connectivity index (χ3n) is 11.3. The number of benzene rings is 3. The molecule has 3 saturated carbocycles. The van der Waals surface area contributed by atoms with Crippen LogP contribution in [0.25, 0.3) is 0 Å². The summed E-state index contributed by atoms with van der Waals surface area (Å²) in [7, 11) is -3.09. The summed E-state index contributed by atoms with van der Waals surface area (Å²) in [6.45, 7) is 15.7. The lowest BCUT2D eigenvalue weighted by molar-refractivity contribution is -0.199. The van der Waals surface area contributed by atoms with Crippen molar-refractivity contribution in [2.75, 3.05) is 0 Å². The Morgan fingerprint density at radius 2 is 1.37 bits per heavy atom. The minimum Gasteiger partial charge on any atom is -0.452 e. The van der Waals surface area contributed by atoms with Crippen LogP contribution in [-0.4, -0.2) is 43.5 Å². The second-order valence-corrected chi connectivity index (χ2v) is 18.9. The van der Waals surface area contributed by atoms with Gasteiger partial charge in [-0.15, -0.1) is 0 Å². The smallest absolute Gasteiger partial charge is 0.452 e. The fraction of sp³-hybridized carbons (Fsp3) is 0.472. The first-order chi connectivity index (χ1) is 20.4. The van der Waals surface area contributed by atoms with E-state index < -0.39 is 20.8 Å². The standard InChI is InChI=1S/C36H46BNO4Si/c1-25(27-17-11-8-12-18-27)38(26(2)28-19-13-9-14-20-28)34(39)40-33(43(6,7)30-21-15-10-16-22-30)37-41-32-24-29-23-31(35(29,3)4)36(32,5)42-37/h8-22,25-26,29,31-33H,23-24H2,1-7H3/t25-,26-,29-,31-,32+,33-,36-/m0/s1. The van der Waals surface area contributed by atoms with Crippen molar-refractivity contribution in [3.8, 4) is 0 Å². The van der Waals surface area contributed by atoms with Crippen molar-refractivity contribution in [1.82, 2.24) is 4.90 Å². The van der Waals surface area contributed by atoms with Crippen molar-refractivity contribution in [3.05, 3.63) is 102 Å². The molecule has 43 heavy (non-hydrogen) atoms. The number of ether oxygens (including phenoxy) is 1. The van der Waals surface area contributed by atoms with E-state index in [4.69, 9.17) is 14.0 Å². The first kappa shape index (κ1) is 30.2. The van der Waals surface area contributed by atoms with Crippen LogP contribution in [0.3, 0.4) is 0 Å². The van der Waals surface area contributed by atoms with Crippen molar-refractivity contribution >= 4 is 26.5 Å². The fourth-order valence-corrected chi connectivity index (χ4v) is 10.8. The first-order valence-corrected chi connectivity index (χ1v) is 19.0. The minimum atomic E-state index is -2.47. The van der Waals surface area contributed by atoms with Gasteiger partial charge in [0.05, 0.1) is 23.8 Å². The van der Waals surface area contributed by atoms with Crippen molar-refractivity contribution in [2.24, 2.45) is 17.3 Å². The molecule has 4 aliphatic rings. The monoisotopic (exact) mass is 595 g/mol. The quantitative estimate of drug-likeness (QED) is 0.250. The van der Waals surface area contributed by atoms with Crippen LogP contribution in [0.5, 0.6) is 0 Å². The Kier molecular flexibility index (Phi) is 7.89. The highest BCUT2D eigenvalue weighted by molar-refractivity contribution is 6.97. The Balaban J connectivity index is 1.36. The van der Waals surface area contributed by atoms with Gasteiger partial charge in [0, 0.05) is 0 Å². The second-order valence-electron chi connectivity index (χ2n) is 14.3. The zero-order valence-electron chi connectivity index (χ0n) is 26.7. The molecule has 1 saturated heterocycles. The molecule has 1 amide bonds. The summed E-state index contributed by atoms with van der Waals surface area (Å²) in [5.41, 5.74) is 1.44. The number of carbonyl (C=O) groups excluding carboxylic acids is 1. The summed E-state index contributed by atoms with van der Waals surface area (Å²) in [6, 6.07) is 30.5. The number of hydrogen-bond acceptors (Lipinski definition) is 4. The van der Waals surface area contributed by atoms with E-state index in [0.29, 0.717) is 11.8 Å². The maximum atomic E-state index is 14.6. The maximum absolute atomic E-state index is 14.6. The van der Waals surface area contributed by atoms with E-state index in [1.54, 1.807) is 0 Å². The van der Waals surface area contributed by atoms with E-state index >= 15 is 0 Å². The van der Waals surface area contributed by atoms with Gasteiger partial charge >= 0.3 is 13.2 Å². The van der Waals surface area contributed by atoms with Gasteiger partial charge in [-0.3, -0.25) is 4.90 Å². The van der Waals surface area contributed by atoms with Gasteiger partial charge < -0.3 is 14.0 Å². The molecule has 226 valence electrons. The predicted molar refractivity (Wildman–Crippen MR) is 175 cm³/mol. The molecule has 1 aliphatic heterocycles. The Labute approximate surface area is 259 Å². The fourth-order valence-electron chi connectivity index (χ4n) is 8.21. The molecule has 2 bridgehead atoms. The molecule has 0 unspecified atom stereocenters. The second kappa shape index (κ2) is 11.2. The van der Waals surface area contributed by atoms with Crippen molar-refractivity contribution in [3.63, 3.8) is 0 Å². The normalized spacial score (nSPS) is 27.8. The third-order valence-corrected chi connectivity index (χ3v) is 14.9. The number of hydrogen-bond donors (Lipinski definition) is 0. The van der Waals surface area contributed by atoms with Crippen LogP contribution in [-0.2, 0) is 14.0 Å². The van der Waals surface area contributed by atoms with Gasteiger partial charge in [-0.25, -0.2) is 4.79 Å². The minimum absolute atomic E-state index is 0.0126. The highest BCUT2D eigenvalue weighted by Gasteiger charge is 2.69. The van der Waals surface area contributed by atoms with Crippen LogP contribution in [0.1, 0.15) is 70.7 Å². The lowest BCUT2D eigenvalue weighted by Crippen LogP contribution is -2.65. The molecular weight excluding hydrogens is 549 g/mol. The van der Waals surface area contributed by atoms with Gasteiger partial charge in [0.25, 0.3) is 0 Å². The molecule has 1 heterocycles. The summed E-state index contributed by atoms with van der Waals surface area (Å²) in [6.07, 6.45) is 1.84. The summed E-state index contributed by atoms with van der Waals surface area (Å²) in [4.78, 5) is 16.5. The Morgan fingerprint density at radius 3 is 1.88 bits per heavy atom. The predicted octanol–water partition coefficient (Wildman–Crippen LogP) is 7.74. The number of nitrogens with zero attached hydrogens (tertiary/aromatic N) is 1. The highest BCUT2D eigenvalue weighted by atomic mass is 28.3. The largest absolute Gasteiger partial charge is 0.498 e. The zero-order valence-corrected chi connectivity index (χ0v) is 27.7. The number of amides is 1.